The summed E-state index contributed by atoms with van der Waals surface area (Å²) in [7, 11) is -20.5. The SMILES string of the molecule is CO[C@H]1C(OP(=O)(O)O)[C@@H](COP(=O)(O)OP(=O)(O)OP(=O)(O)OC[C@H]2O[C@@H]([n+]3cn(C)c4c(=O)[nH]c(N)nc43)C(O)[C@H]2O)O[C@H]1n1cnc2c(=O)[nH]c(C)nc21. The van der Waals surface area contributed by atoms with Crippen LogP contribution in [0.3, 0.4) is 0 Å². The number of aromatic amines is 2. The Morgan fingerprint density at radius 1 is 0.895 bits per heavy atom. The summed E-state index contributed by atoms with van der Waals surface area (Å²) in [4.78, 5) is 91.1. The minimum atomic E-state index is -6.10. The molecule has 0 aliphatic carbocycles. The van der Waals surface area contributed by atoms with Crippen LogP contribution in [0.25, 0.3) is 22.3 Å². The number of phosphoric ester groups is 3. The second-order valence-corrected chi connectivity index (χ2v) is 18.1. The molecular weight excluding hydrogens is 862 g/mol. The van der Waals surface area contributed by atoms with Gasteiger partial charge in [-0.1, -0.05) is 4.98 Å². The summed E-state index contributed by atoms with van der Waals surface area (Å²) >= 11 is 0. The van der Waals surface area contributed by atoms with Crippen LogP contribution in [0.15, 0.2) is 22.2 Å². The summed E-state index contributed by atoms with van der Waals surface area (Å²) in [6, 6.07) is 0. The minimum absolute atomic E-state index is 0.00520. The number of nitrogens with two attached hydrogens (primary N) is 1. The van der Waals surface area contributed by atoms with Gasteiger partial charge in [-0.2, -0.15) is 8.62 Å². The maximum Gasteiger partial charge on any atom is 0.490 e. The first-order chi connectivity index (χ1) is 26.4. The summed E-state index contributed by atoms with van der Waals surface area (Å²) in [5, 5.41) is 21.2. The van der Waals surface area contributed by atoms with Crippen molar-refractivity contribution < 1.29 is 93.9 Å². The lowest BCUT2D eigenvalue weighted by Crippen LogP contribution is -2.46. The number of anilines is 1. The molecule has 316 valence electrons. The smallest absolute Gasteiger partial charge is 0.387 e. The number of aliphatic hydroxyl groups is 2. The summed E-state index contributed by atoms with van der Waals surface area (Å²) in [5.74, 6) is -0.148. The molecule has 5 unspecified atom stereocenters. The topological polar surface area (TPSA) is 428 Å². The number of nitrogens with zero attached hydrogens (tertiary/aromatic N) is 6. The van der Waals surface area contributed by atoms with Crippen LogP contribution >= 0.6 is 31.3 Å². The molecule has 11 N–H and O–H groups in total. The molecule has 0 aromatic carbocycles. The first-order valence-corrected chi connectivity index (χ1v) is 21.7. The zero-order valence-corrected chi connectivity index (χ0v) is 32.7. The number of nitrogen functional groups attached to an aromatic ring is 1. The molecule has 0 saturated carbocycles. The number of rotatable bonds is 15. The number of aryl methyl sites for hydroxylation is 2. The third-order valence-electron chi connectivity index (χ3n) is 8.26. The predicted octanol–water partition coefficient (Wildman–Crippen LogP) is -3.05. The Labute approximate surface area is 315 Å². The zero-order valence-electron chi connectivity index (χ0n) is 29.1. The molecule has 4 aromatic heterocycles. The number of ether oxygens (including phenoxy) is 3. The van der Waals surface area contributed by atoms with Crippen molar-refractivity contribution in [3.8, 4) is 0 Å². The molecule has 6 rings (SSSR count). The fourth-order valence-electron chi connectivity index (χ4n) is 6.03. The van der Waals surface area contributed by atoms with E-state index in [1.807, 2.05) is 0 Å². The van der Waals surface area contributed by atoms with Gasteiger partial charge in [0, 0.05) is 7.11 Å². The normalized spacial score (nSPS) is 28.8. The number of hydrogen-bond donors (Lipinski definition) is 10. The highest BCUT2D eigenvalue weighted by molar-refractivity contribution is 7.66. The number of fused-ring (bicyclic) bond motifs is 2. The number of nitrogens with one attached hydrogen (secondary N) is 2. The van der Waals surface area contributed by atoms with Gasteiger partial charge in [0.1, 0.15) is 42.4 Å². The van der Waals surface area contributed by atoms with E-state index in [2.05, 4.69) is 38.1 Å². The second-order valence-electron chi connectivity index (χ2n) is 12.3. The summed E-state index contributed by atoms with van der Waals surface area (Å²) < 4.78 is 92.3. The van der Waals surface area contributed by atoms with Crippen molar-refractivity contribution in [2.45, 2.75) is 56.0 Å². The highest BCUT2D eigenvalue weighted by Crippen LogP contribution is 2.68. The Hall–Kier alpha value is -3.18. The Kier molecular flexibility index (Phi) is 12.0. The van der Waals surface area contributed by atoms with E-state index in [0.29, 0.717) is 0 Å². The maximum absolute atomic E-state index is 12.8. The number of aromatic nitrogens is 8. The summed E-state index contributed by atoms with van der Waals surface area (Å²) in [5.41, 5.74) is 4.00. The Balaban J connectivity index is 1.10. The van der Waals surface area contributed by atoms with Crippen molar-refractivity contribution in [1.29, 1.82) is 0 Å². The average Bonchev–Trinajstić information content (AvgIpc) is 3.80. The summed E-state index contributed by atoms with van der Waals surface area (Å²) in [6.45, 7) is -0.868. The van der Waals surface area contributed by atoms with Crippen molar-refractivity contribution in [1.82, 2.24) is 34.1 Å². The summed E-state index contributed by atoms with van der Waals surface area (Å²) in [6.07, 6.45) is -10.8. The average molecular weight is 896 g/mol. The first kappa shape index (κ1) is 43.4. The molecule has 2 fully saturated rings. The van der Waals surface area contributed by atoms with Crippen LogP contribution in [0.4, 0.5) is 5.95 Å². The highest BCUT2D eigenvalue weighted by atomic mass is 31.3. The van der Waals surface area contributed by atoms with Gasteiger partial charge in [-0.15, -0.1) is 0 Å². The monoisotopic (exact) mass is 896 g/mol. The van der Waals surface area contributed by atoms with E-state index in [0.717, 1.165) is 22.6 Å². The molecule has 4 aromatic rings. The van der Waals surface area contributed by atoms with Gasteiger partial charge in [-0.25, -0.2) is 32.8 Å². The van der Waals surface area contributed by atoms with Crippen molar-refractivity contribution in [2.24, 2.45) is 7.05 Å². The van der Waals surface area contributed by atoms with Gasteiger partial charge in [0.2, 0.25) is 11.7 Å². The van der Waals surface area contributed by atoms with Crippen molar-refractivity contribution in [3.63, 3.8) is 0 Å². The van der Waals surface area contributed by atoms with E-state index < -0.39 is 105 Å². The van der Waals surface area contributed by atoms with Crippen molar-refractivity contribution in [3.05, 3.63) is 39.2 Å². The number of H-pyrrole nitrogens is 2. The van der Waals surface area contributed by atoms with Crippen LogP contribution in [-0.4, -0.2) is 126 Å². The Morgan fingerprint density at radius 2 is 1.53 bits per heavy atom. The first-order valence-electron chi connectivity index (χ1n) is 15.7. The molecule has 2 saturated heterocycles. The number of aliphatic hydroxyl groups excluding tert-OH is 2. The Morgan fingerprint density at radius 3 is 2.14 bits per heavy atom. The molecule has 0 amide bonds. The van der Waals surface area contributed by atoms with Crippen LogP contribution in [0.2, 0.25) is 0 Å². The molecule has 34 heteroatoms. The lowest BCUT2D eigenvalue weighted by molar-refractivity contribution is -0.745. The minimum Gasteiger partial charge on any atom is -0.387 e. The van der Waals surface area contributed by atoms with Crippen molar-refractivity contribution in [2.75, 3.05) is 26.1 Å². The van der Waals surface area contributed by atoms with E-state index in [4.69, 9.17) is 29.0 Å². The zero-order chi connectivity index (χ0) is 42.0. The molecule has 57 heavy (non-hydrogen) atoms. The van der Waals surface area contributed by atoms with Crippen LogP contribution in [0, 0.1) is 6.92 Å². The van der Waals surface area contributed by atoms with Crippen molar-refractivity contribution >= 4 is 59.6 Å². The van der Waals surface area contributed by atoms with Gasteiger partial charge >= 0.3 is 36.9 Å². The van der Waals surface area contributed by atoms with Gasteiger partial charge < -0.3 is 59.6 Å². The van der Waals surface area contributed by atoms with Crippen LogP contribution in [-0.2, 0) is 61.7 Å². The quantitative estimate of drug-likeness (QED) is 0.0418. The van der Waals surface area contributed by atoms with Gasteiger partial charge in [0.05, 0.1) is 26.6 Å². The molecule has 0 bridgehead atoms. The molecule has 11 atom stereocenters. The van der Waals surface area contributed by atoms with E-state index in [9.17, 15) is 62.5 Å². The number of imidazole rings is 2. The second kappa shape index (κ2) is 15.8. The predicted molar refractivity (Wildman–Crippen MR) is 180 cm³/mol. The third-order valence-corrected chi connectivity index (χ3v) is 13.0. The van der Waals surface area contributed by atoms with Gasteiger partial charge in [-0.05, 0) is 6.92 Å². The lowest BCUT2D eigenvalue weighted by atomic mass is 10.1. The standard InChI is InChI=1S/C23H33N9O21P4/c1-8-26-17-11(19(35)27-8)25-6-31(17)22-16(46-3)15(51-54(37,38)39)10(50-22)5-48-56(42,43)53-57(44,45)52-55(40,41)47-4-9-13(33)14(34)21(49-9)32-7-30(2)12-18(32)28-23(24)29-20(12)36/h6-7,9-10,13-16,21-22,33-34H,4-5H2,1-3H3,(H8-,24,26,27,28,29,35,36,37,38,39,40,41,42,43,44,45)/p+1/t9-,10-,13+,14?,15?,16+,21-,22-/m1/s1. The number of hydrogen-bond acceptors (Lipinski definition) is 20. The molecule has 2 aliphatic heterocycles. The highest BCUT2D eigenvalue weighted by Gasteiger charge is 2.52. The van der Waals surface area contributed by atoms with Crippen LogP contribution in [0.5, 0.6) is 0 Å². The largest absolute Gasteiger partial charge is 0.490 e. The lowest BCUT2D eigenvalue weighted by Gasteiger charge is -2.24. The Bertz CT molecular complexity index is 2490. The van der Waals surface area contributed by atoms with E-state index in [1.54, 1.807) is 0 Å². The fraction of sp³-hybridized carbons (Fsp3) is 0.565. The number of phosphoric acid groups is 4. The van der Waals surface area contributed by atoms with E-state index >= 15 is 0 Å². The third kappa shape index (κ3) is 9.35. The number of methoxy groups -OCH3 is 1. The van der Waals surface area contributed by atoms with Gasteiger partial charge in [0.25, 0.3) is 17.1 Å². The fourth-order valence-corrected chi connectivity index (χ4v) is 10.1. The maximum atomic E-state index is 12.8. The van der Waals surface area contributed by atoms with Crippen LogP contribution in [0.1, 0.15) is 18.3 Å². The molecular formula is C23H34N9O21P4+. The molecule has 30 nitrogen and oxygen atoms in total. The van der Waals surface area contributed by atoms with Gasteiger partial charge in [-0.3, -0.25) is 37.3 Å². The molecule has 6 heterocycles. The van der Waals surface area contributed by atoms with E-state index in [-0.39, 0.29) is 34.1 Å². The van der Waals surface area contributed by atoms with E-state index in [1.165, 1.54) is 24.9 Å². The van der Waals surface area contributed by atoms with Gasteiger partial charge in [0.15, 0.2) is 23.7 Å². The molecule has 0 radical (unpaired) electrons. The molecule has 0 spiro atoms. The molecule has 2 aliphatic rings. The van der Waals surface area contributed by atoms with Crippen LogP contribution < -0.4 is 21.4 Å².